The van der Waals surface area contributed by atoms with Gasteiger partial charge in [0.2, 0.25) is 0 Å². The van der Waals surface area contributed by atoms with Gasteiger partial charge < -0.3 is 9.47 Å². The van der Waals surface area contributed by atoms with E-state index in [9.17, 15) is 0 Å². The second-order valence-corrected chi connectivity index (χ2v) is 10.7. The number of para-hydroxylation sites is 2. The van der Waals surface area contributed by atoms with Gasteiger partial charge in [-0.05, 0) is 83.7 Å². The molecule has 0 radical (unpaired) electrons. The normalized spacial score (nSPS) is 12.3. The van der Waals surface area contributed by atoms with Crippen molar-refractivity contribution in [2.24, 2.45) is 0 Å². The molecule has 2 nitrogen and oxygen atoms in total. The molecule has 2 aliphatic carbocycles. The molecule has 0 saturated carbocycles. The summed E-state index contributed by atoms with van der Waals surface area (Å²) in [6.45, 7) is 0.986. The first-order valence-electron chi connectivity index (χ1n) is 15.3. The van der Waals surface area contributed by atoms with Gasteiger partial charge in [0.1, 0.15) is 24.7 Å². The summed E-state index contributed by atoms with van der Waals surface area (Å²) in [5, 5.41) is 0. The van der Waals surface area contributed by atoms with E-state index in [0.717, 1.165) is 57.7 Å². The predicted molar refractivity (Wildman–Crippen MR) is 186 cm³/mol. The topological polar surface area (TPSA) is 18.5 Å². The van der Waals surface area contributed by atoms with Gasteiger partial charge in [0.25, 0.3) is 0 Å². The quantitative estimate of drug-likeness (QED) is 0.104. The van der Waals surface area contributed by atoms with E-state index >= 15 is 0 Å². The number of benzene rings is 4. The summed E-state index contributed by atoms with van der Waals surface area (Å²) in [5.41, 5.74) is 14.5. The lowest BCUT2D eigenvalue weighted by molar-refractivity contribution is 0.305. The van der Waals surface area contributed by atoms with Gasteiger partial charge in [-0.1, -0.05) is 121 Å². The Morgan fingerprint density at radius 2 is 0.891 bits per heavy atom. The average Bonchev–Trinajstić information content (AvgIpc) is 3.83. The van der Waals surface area contributed by atoms with Crippen LogP contribution >= 0.6 is 0 Å². The summed E-state index contributed by atoms with van der Waals surface area (Å²) >= 11 is 0. The summed E-state index contributed by atoms with van der Waals surface area (Å²) in [6, 6.07) is 33.0. The molecule has 0 bridgehead atoms. The first kappa shape index (κ1) is 29.9. The molecule has 4 aromatic carbocycles. The SMILES string of the molecule is C1=CC=CC=1C#Cc1ccccc1OCc1ccc(C/C=C/Cc2ccc(COc3ccccc3C#CC3=C=CC=C3)cc2)cc1. The highest BCUT2D eigenvalue weighted by Gasteiger charge is 2.04. The summed E-state index contributed by atoms with van der Waals surface area (Å²) in [4.78, 5) is 0. The van der Waals surface area contributed by atoms with E-state index in [1.54, 1.807) is 0 Å². The summed E-state index contributed by atoms with van der Waals surface area (Å²) in [7, 11) is 0. The van der Waals surface area contributed by atoms with Crippen LogP contribution in [0.25, 0.3) is 0 Å². The van der Waals surface area contributed by atoms with Crippen molar-refractivity contribution in [1.29, 1.82) is 0 Å². The predicted octanol–water partition coefficient (Wildman–Crippen LogP) is 9.19. The summed E-state index contributed by atoms with van der Waals surface area (Å²) in [5.74, 6) is 14.3. The maximum Gasteiger partial charge on any atom is 0.135 e. The van der Waals surface area contributed by atoms with Gasteiger partial charge in [-0.2, -0.15) is 0 Å². The van der Waals surface area contributed by atoms with Crippen molar-refractivity contribution in [3.8, 4) is 35.2 Å². The molecule has 0 N–H and O–H groups in total. The van der Waals surface area contributed by atoms with Gasteiger partial charge in [0.15, 0.2) is 0 Å². The van der Waals surface area contributed by atoms with E-state index in [-0.39, 0.29) is 0 Å². The number of hydrogen-bond donors (Lipinski definition) is 0. The molecule has 220 valence electrons. The minimum Gasteiger partial charge on any atom is -0.488 e. The zero-order valence-electron chi connectivity index (χ0n) is 25.5. The van der Waals surface area contributed by atoms with Crippen LogP contribution in [-0.4, -0.2) is 0 Å². The van der Waals surface area contributed by atoms with Gasteiger partial charge >= 0.3 is 0 Å². The van der Waals surface area contributed by atoms with Crippen molar-refractivity contribution in [3.63, 3.8) is 0 Å². The van der Waals surface area contributed by atoms with Crippen LogP contribution in [0.5, 0.6) is 11.5 Å². The standard InChI is InChI=1S/C44H32O2/c1-2-12-35(11-1)29-31-41-17-7-9-19-43(41)45-33-39-25-21-37(22-26-39)15-5-6-16-38-23-27-40(28-24-38)34-46-44-20-10-8-18-42(44)32-30-36-13-3-4-14-36/h1-11,13,17-28H,15-16,33-34H2/b6-5+. The van der Waals surface area contributed by atoms with Crippen LogP contribution in [0.4, 0.5) is 0 Å². The molecule has 0 spiro atoms. The second kappa shape index (κ2) is 15.5. The van der Waals surface area contributed by atoms with Crippen LogP contribution in [0, 0.1) is 23.7 Å². The van der Waals surface area contributed by atoms with Crippen molar-refractivity contribution in [2.75, 3.05) is 0 Å². The Bertz CT molecular complexity index is 1900. The zero-order valence-corrected chi connectivity index (χ0v) is 25.5. The summed E-state index contributed by atoms with van der Waals surface area (Å²) < 4.78 is 12.2. The highest BCUT2D eigenvalue weighted by molar-refractivity contribution is 5.53. The third-order valence-corrected chi connectivity index (χ3v) is 7.34. The van der Waals surface area contributed by atoms with E-state index in [4.69, 9.17) is 9.47 Å². The minimum atomic E-state index is 0.493. The number of allylic oxidation sites excluding steroid dienone is 8. The van der Waals surface area contributed by atoms with Crippen molar-refractivity contribution < 1.29 is 9.47 Å². The van der Waals surface area contributed by atoms with Crippen molar-refractivity contribution in [1.82, 2.24) is 0 Å². The molecule has 4 aromatic rings. The van der Waals surface area contributed by atoms with E-state index in [0.29, 0.717) is 13.2 Å². The molecule has 2 aliphatic rings. The Morgan fingerprint density at radius 1 is 0.478 bits per heavy atom. The molecule has 0 aromatic heterocycles. The Hall–Kier alpha value is -6.14. The Kier molecular flexibility index (Phi) is 10.1. The minimum absolute atomic E-state index is 0.493. The molecular formula is C44H32O2. The zero-order chi connectivity index (χ0) is 31.2. The second-order valence-electron chi connectivity index (χ2n) is 10.7. The van der Waals surface area contributed by atoms with E-state index in [1.807, 2.05) is 85.0 Å². The fraction of sp³-hybridized carbons (Fsp3) is 0.0909. The van der Waals surface area contributed by atoms with Crippen molar-refractivity contribution in [2.45, 2.75) is 26.1 Å². The Labute approximate surface area is 271 Å². The number of hydrogen-bond acceptors (Lipinski definition) is 2. The lowest BCUT2D eigenvalue weighted by Crippen LogP contribution is -1.97. The third kappa shape index (κ3) is 8.71. The van der Waals surface area contributed by atoms with Gasteiger partial charge in [-0.15, -0.1) is 11.5 Å². The molecule has 0 fully saturated rings. The molecule has 0 atom stereocenters. The third-order valence-electron chi connectivity index (χ3n) is 7.34. The van der Waals surface area contributed by atoms with Crippen molar-refractivity contribution >= 4 is 0 Å². The molecule has 0 unspecified atom stereocenters. The van der Waals surface area contributed by atoms with Gasteiger partial charge in [-0.25, -0.2) is 0 Å². The van der Waals surface area contributed by atoms with Crippen LogP contribution in [-0.2, 0) is 26.1 Å². The van der Waals surface area contributed by atoms with Gasteiger partial charge in [0.05, 0.1) is 22.3 Å². The Morgan fingerprint density at radius 3 is 1.30 bits per heavy atom. The van der Waals surface area contributed by atoms with Gasteiger partial charge in [0, 0.05) is 0 Å². The van der Waals surface area contributed by atoms with Crippen LogP contribution in [0.3, 0.4) is 0 Å². The lowest BCUT2D eigenvalue weighted by atomic mass is 10.1. The molecule has 46 heavy (non-hydrogen) atoms. The highest BCUT2D eigenvalue weighted by Crippen LogP contribution is 2.20. The van der Waals surface area contributed by atoms with Crippen LogP contribution < -0.4 is 9.47 Å². The number of ether oxygens (including phenoxy) is 2. The van der Waals surface area contributed by atoms with Crippen LogP contribution in [0.2, 0.25) is 0 Å². The largest absolute Gasteiger partial charge is 0.488 e. The fourth-order valence-electron chi connectivity index (χ4n) is 4.78. The van der Waals surface area contributed by atoms with E-state index < -0.39 is 0 Å². The highest BCUT2D eigenvalue weighted by atomic mass is 16.5. The van der Waals surface area contributed by atoms with Crippen molar-refractivity contribution in [3.05, 3.63) is 202 Å². The van der Waals surface area contributed by atoms with Crippen LogP contribution in [0.15, 0.2) is 168 Å². The average molecular weight is 593 g/mol. The molecule has 6 rings (SSSR count). The maximum absolute atomic E-state index is 6.11. The molecular weight excluding hydrogens is 560 g/mol. The van der Waals surface area contributed by atoms with E-state index in [2.05, 4.69) is 95.8 Å². The first-order chi connectivity index (χ1) is 22.8. The molecule has 2 heteroatoms. The lowest BCUT2D eigenvalue weighted by Gasteiger charge is -2.09. The molecule has 0 amide bonds. The monoisotopic (exact) mass is 592 g/mol. The summed E-state index contributed by atoms with van der Waals surface area (Å²) in [6.07, 6.45) is 17.7. The smallest absolute Gasteiger partial charge is 0.135 e. The molecule has 0 heterocycles. The fourth-order valence-corrected chi connectivity index (χ4v) is 4.78. The maximum atomic E-state index is 6.11. The molecule has 0 saturated heterocycles. The Balaban J connectivity index is 0.949. The number of rotatable bonds is 10. The van der Waals surface area contributed by atoms with Crippen LogP contribution in [0.1, 0.15) is 33.4 Å². The first-order valence-corrected chi connectivity index (χ1v) is 15.3. The van der Waals surface area contributed by atoms with Gasteiger partial charge in [-0.3, -0.25) is 0 Å². The molecule has 0 aliphatic heterocycles. The van der Waals surface area contributed by atoms with E-state index in [1.165, 1.54) is 11.1 Å².